The summed E-state index contributed by atoms with van der Waals surface area (Å²) in [6.07, 6.45) is 11.1. The molecule has 1 fully saturated rings. The second-order valence-corrected chi connectivity index (χ2v) is 7.24. The molecule has 3 aromatic heterocycles. The van der Waals surface area contributed by atoms with Crippen molar-refractivity contribution in [2.45, 2.75) is 39.7 Å². The summed E-state index contributed by atoms with van der Waals surface area (Å²) in [6.45, 7) is 6.76. The van der Waals surface area contributed by atoms with Crippen molar-refractivity contribution in [3.05, 3.63) is 66.7 Å². The Kier molecular flexibility index (Phi) is 6.72. The van der Waals surface area contributed by atoms with Crippen LogP contribution in [-0.2, 0) is 6.54 Å². The number of hydrogen-bond acceptors (Lipinski definition) is 6. The van der Waals surface area contributed by atoms with Crippen LogP contribution in [-0.4, -0.2) is 37.4 Å². The van der Waals surface area contributed by atoms with Gasteiger partial charge in [-0.25, -0.2) is 19.9 Å². The summed E-state index contributed by atoms with van der Waals surface area (Å²) in [5, 5.41) is 3.30. The van der Waals surface area contributed by atoms with E-state index in [0.29, 0.717) is 12.5 Å². The molecule has 1 N–H and O–H groups in total. The lowest BCUT2D eigenvalue weighted by atomic mass is 10.1. The lowest BCUT2D eigenvalue weighted by Gasteiger charge is -2.27. The van der Waals surface area contributed by atoms with Gasteiger partial charge in [-0.15, -0.1) is 0 Å². The van der Waals surface area contributed by atoms with E-state index in [1.54, 1.807) is 6.20 Å². The number of benzene rings is 1. The Bertz CT molecular complexity index is 1100. The van der Waals surface area contributed by atoms with Gasteiger partial charge in [-0.2, -0.15) is 0 Å². The number of hydrogen-bond donors (Lipinski definition) is 1. The van der Waals surface area contributed by atoms with Gasteiger partial charge in [-0.1, -0.05) is 44.2 Å². The number of aromatic nitrogens is 5. The predicted molar refractivity (Wildman–Crippen MR) is 125 cm³/mol. The third-order valence-electron chi connectivity index (χ3n) is 5.28. The highest BCUT2D eigenvalue weighted by atomic mass is 15.2. The summed E-state index contributed by atoms with van der Waals surface area (Å²) >= 11 is 0. The molecule has 1 aliphatic heterocycles. The van der Waals surface area contributed by atoms with E-state index >= 15 is 0 Å². The number of imidazole rings is 1. The zero-order chi connectivity index (χ0) is 21.5. The minimum atomic E-state index is 0.603. The molecule has 160 valence electrons. The first-order valence-electron chi connectivity index (χ1n) is 11.1. The van der Waals surface area contributed by atoms with Crippen LogP contribution in [0.3, 0.4) is 0 Å². The Morgan fingerprint density at radius 1 is 0.903 bits per heavy atom. The molecule has 7 nitrogen and oxygen atoms in total. The first-order chi connectivity index (χ1) is 15.4. The smallest absolute Gasteiger partial charge is 0.223 e. The third-order valence-corrected chi connectivity index (χ3v) is 5.28. The molecule has 1 aromatic carbocycles. The van der Waals surface area contributed by atoms with Gasteiger partial charge < -0.3 is 10.2 Å². The Hall–Kier alpha value is -3.48. The minimum Gasteiger partial charge on any atom is -0.354 e. The molecule has 0 bridgehead atoms. The average molecular weight is 416 g/mol. The zero-order valence-corrected chi connectivity index (χ0v) is 18.2. The van der Waals surface area contributed by atoms with Crippen LogP contribution in [0.25, 0.3) is 17.0 Å². The summed E-state index contributed by atoms with van der Waals surface area (Å²) < 4.78 is 2.07. The quantitative estimate of drug-likeness (QED) is 0.504. The summed E-state index contributed by atoms with van der Waals surface area (Å²) in [6, 6.07) is 12.1. The molecule has 0 aliphatic carbocycles. The van der Waals surface area contributed by atoms with Crippen molar-refractivity contribution in [2.24, 2.45) is 0 Å². The van der Waals surface area contributed by atoms with E-state index in [9.17, 15) is 0 Å². The fraction of sp³-hybridized carbons (Fsp3) is 0.333. The number of rotatable bonds is 5. The maximum atomic E-state index is 4.71. The maximum absolute atomic E-state index is 4.71. The van der Waals surface area contributed by atoms with E-state index in [-0.39, 0.29) is 0 Å². The van der Waals surface area contributed by atoms with Crippen molar-refractivity contribution in [1.82, 2.24) is 24.3 Å². The summed E-state index contributed by atoms with van der Waals surface area (Å²) in [5.74, 6) is 1.56. The van der Waals surface area contributed by atoms with Crippen LogP contribution < -0.4 is 10.2 Å². The fourth-order valence-electron chi connectivity index (χ4n) is 3.79. The molecule has 31 heavy (non-hydrogen) atoms. The van der Waals surface area contributed by atoms with Crippen molar-refractivity contribution in [2.75, 3.05) is 23.3 Å². The second kappa shape index (κ2) is 10.0. The van der Waals surface area contributed by atoms with Crippen molar-refractivity contribution >= 4 is 17.4 Å². The largest absolute Gasteiger partial charge is 0.354 e. The predicted octanol–water partition coefficient (Wildman–Crippen LogP) is 4.81. The number of piperidine rings is 1. The van der Waals surface area contributed by atoms with Gasteiger partial charge in [0, 0.05) is 38.2 Å². The highest BCUT2D eigenvalue weighted by Gasteiger charge is 2.18. The summed E-state index contributed by atoms with van der Waals surface area (Å²) in [7, 11) is 0. The monoisotopic (exact) mass is 415 g/mol. The van der Waals surface area contributed by atoms with Gasteiger partial charge in [0.15, 0.2) is 11.5 Å². The van der Waals surface area contributed by atoms with Crippen LogP contribution >= 0.6 is 0 Å². The molecule has 4 aromatic rings. The van der Waals surface area contributed by atoms with Crippen molar-refractivity contribution in [3.63, 3.8) is 0 Å². The van der Waals surface area contributed by atoms with Crippen LogP contribution in [0.1, 0.15) is 38.7 Å². The molecule has 0 amide bonds. The SMILES string of the molecule is CC.c1ccc(CNc2nccc(-c3cnc4c(N5CCCCC5)nccn34)n2)cc1. The Labute approximate surface area is 183 Å². The molecule has 1 saturated heterocycles. The lowest BCUT2D eigenvalue weighted by Crippen LogP contribution is -2.30. The van der Waals surface area contributed by atoms with Crippen LogP contribution in [0.5, 0.6) is 0 Å². The maximum Gasteiger partial charge on any atom is 0.223 e. The third kappa shape index (κ3) is 4.66. The van der Waals surface area contributed by atoms with E-state index in [0.717, 1.165) is 35.9 Å². The summed E-state index contributed by atoms with van der Waals surface area (Å²) in [4.78, 5) is 20.7. The van der Waals surface area contributed by atoms with Gasteiger partial charge in [0.05, 0.1) is 17.6 Å². The van der Waals surface area contributed by atoms with E-state index in [4.69, 9.17) is 4.98 Å². The molecule has 1 aliphatic rings. The van der Waals surface area contributed by atoms with Gasteiger partial charge in [0.2, 0.25) is 5.95 Å². The summed E-state index contributed by atoms with van der Waals surface area (Å²) in [5.41, 5.74) is 3.83. The van der Waals surface area contributed by atoms with Crippen molar-refractivity contribution in [1.29, 1.82) is 0 Å². The molecule has 4 heterocycles. The van der Waals surface area contributed by atoms with Crippen LogP contribution in [0.15, 0.2) is 61.2 Å². The van der Waals surface area contributed by atoms with E-state index in [2.05, 4.69) is 41.7 Å². The van der Waals surface area contributed by atoms with Crippen molar-refractivity contribution < 1.29 is 0 Å². The zero-order valence-electron chi connectivity index (χ0n) is 18.2. The second-order valence-electron chi connectivity index (χ2n) is 7.24. The molecule has 0 spiro atoms. The van der Waals surface area contributed by atoms with Crippen molar-refractivity contribution in [3.8, 4) is 11.4 Å². The number of nitrogens with zero attached hydrogens (tertiary/aromatic N) is 6. The molecular formula is C24H29N7. The lowest BCUT2D eigenvalue weighted by molar-refractivity contribution is 0.574. The van der Waals surface area contributed by atoms with Crippen LogP contribution in [0, 0.1) is 0 Å². The Balaban J connectivity index is 0.00000112. The Morgan fingerprint density at radius 2 is 1.71 bits per heavy atom. The van der Waals surface area contributed by atoms with Crippen LogP contribution in [0.4, 0.5) is 11.8 Å². The highest BCUT2D eigenvalue weighted by molar-refractivity contribution is 5.70. The molecular weight excluding hydrogens is 386 g/mol. The van der Waals surface area contributed by atoms with Gasteiger partial charge >= 0.3 is 0 Å². The average Bonchev–Trinajstić information content (AvgIpc) is 3.30. The number of anilines is 2. The molecule has 0 saturated carbocycles. The molecule has 5 rings (SSSR count). The van der Waals surface area contributed by atoms with Gasteiger partial charge in [0.1, 0.15) is 0 Å². The first-order valence-corrected chi connectivity index (χ1v) is 11.1. The Morgan fingerprint density at radius 3 is 2.52 bits per heavy atom. The van der Waals surface area contributed by atoms with Crippen LogP contribution in [0.2, 0.25) is 0 Å². The van der Waals surface area contributed by atoms with Gasteiger partial charge in [-0.05, 0) is 30.9 Å². The molecule has 7 heteroatoms. The van der Waals surface area contributed by atoms with Gasteiger partial charge in [0.25, 0.3) is 0 Å². The normalized spacial score (nSPS) is 13.5. The first kappa shape index (κ1) is 20.8. The molecule has 0 unspecified atom stereocenters. The van der Waals surface area contributed by atoms with Gasteiger partial charge in [-0.3, -0.25) is 4.40 Å². The number of fused-ring (bicyclic) bond motifs is 1. The highest BCUT2D eigenvalue weighted by Crippen LogP contribution is 2.26. The van der Waals surface area contributed by atoms with E-state index in [1.807, 2.05) is 56.7 Å². The van der Waals surface area contributed by atoms with E-state index in [1.165, 1.54) is 24.8 Å². The number of nitrogens with one attached hydrogen (secondary N) is 1. The standard InChI is InChI=1S/C22H23N7.C2H6/c1-3-7-17(8-4-1)15-26-22-24-10-9-18(27-22)19-16-25-21-20(23-11-14-29(19)21)28-12-5-2-6-13-28;1-2/h1,3-4,7-11,14,16H,2,5-6,12-13,15H2,(H,24,26,27);1-2H3. The topological polar surface area (TPSA) is 71.2 Å². The van der Waals surface area contributed by atoms with E-state index < -0.39 is 0 Å². The fourth-order valence-corrected chi connectivity index (χ4v) is 3.79. The molecule has 0 radical (unpaired) electrons. The minimum absolute atomic E-state index is 0.603. The molecule has 0 atom stereocenters.